The molecule has 0 heterocycles. The van der Waals surface area contributed by atoms with E-state index in [-0.39, 0.29) is 11.9 Å². The number of hydrogen-bond acceptors (Lipinski definition) is 1. The predicted molar refractivity (Wildman–Crippen MR) is 93.5 cm³/mol. The van der Waals surface area contributed by atoms with E-state index in [0.717, 1.165) is 35.6 Å². The fourth-order valence-corrected chi connectivity index (χ4v) is 3.48. The number of nitrogens with one attached hydrogen (secondary N) is 1. The van der Waals surface area contributed by atoms with Crippen LogP contribution in [0.4, 0.5) is 0 Å². The van der Waals surface area contributed by atoms with Crippen molar-refractivity contribution in [2.45, 2.75) is 25.3 Å². The van der Waals surface area contributed by atoms with Gasteiger partial charge in [-0.15, -0.1) is 0 Å². The van der Waals surface area contributed by atoms with Crippen LogP contribution in [0, 0.1) is 0 Å². The Bertz CT molecular complexity index is 868. The van der Waals surface area contributed by atoms with Crippen molar-refractivity contribution in [3.63, 3.8) is 0 Å². The van der Waals surface area contributed by atoms with E-state index in [1.807, 2.05) is 36.4 Å². The third-order valence-electron chi connectivity index (χ3n) is 4.69. The highest BCUT2D eigenvalue weighted by Crippen LogP contribution is 2.29. The van der Waals surface area contributed by atoms with Crippen LogP contribution in [0.2, 0.25) is 0 Å². The van der Waals surface area contributed by atoms with E-state index in [0.29, 0.717) is 0 Å². The Morgan fingerprint density at radius 1 is 0.913 bits per heavy atom. The number of aryl methyl sites for hydroxylation is 1. The van der Waals surface area contributed by atoms with Crippen LogP contribution in [0.1, 0.15) is 40.4 Å². The number of rotatable bonds is 2. The second kappa shape index (κ2) is 5.88. The predicted octanol–water partition coefficient (Wildman–Crippen LogP) is 4.65. The normalized spacial score (nSPS) is 16.8. The minimum atomic E-state index is 0.0115. The van der Waals surface area contributed by atoms with Gasteiger partial charge in [0.15, 0.2) is 0 Å². The summed E-state index contributed by atoms with van der Waals surface area (Å²) >= 11 is 0. The highest BCUT2D eigenvalue weighted by molar-refractivity contribution is 5.98. The second-order valence-corrected chi connectivity index (χ2v) is 6.18. The Kier molecular flexibility index (Phi) is 3.58. The summed E-state index contributed by atoms with van der Waals surface area (Å²) in [6.07, 6.45) is 3.24. The first-order valence-electron chi connectivity index (χ1n) is 8.19. The van der Waals surface area contributed by atoms with E-state index in [4.69, 9.17) is 0 Å². The van der Waals surface area contributed by atoms with Crippen LogP contribution in [0.3, 0.4) is 0 Å². The lowest BCUT2D eigenvalue weighted by molar-refractivity contribution is 0.0933. The smallest absolute Gasteiger partial charge is 0.251 e. The van der Waals surface area contributed by atoms with Gasteiger partial charge in [0.2, 0.25) is 0 Å². The van der Waals surface area contributed by atoms with Gasteiger partial charge in [0.05, 0.1) is 6.04 Å². The van der Waals surface area contributed by atoms with Crippen molar-refractivity contribution < 1.29 is 4.79 Å². The molecule has 2 nitrogen and oxygen atoms in total. The number of carbonyl (C=O) groups is 1. The van der Waals surface area contributed by atoms with E-state index in [9.17, 15) is 4.79 Å². The molecule has 2 heteroatoms. The molecule has 0 spiro atoms. The van der Waals surface area contributed by atoms with Gasteiger partial charge in [-0.1, -0.05) is 54.6 Å². The Labute approximate surface area is 136 Å². The first kappa shape index (κ1) is 14.0. The summed E-state index contributed by atoms with van der Waals surface area (Å²) in [5.74, 6) is 0.0115. The molecule has 3 aromatic carbocycles. The summed E-state index contributed by atoms with van der Waals surface area (Å²) in [4.78, 5) is 12.7. The van der Waals surface area contributed by atoms with Gasteiger partial charge in [0, 0.05) is 5.56 Å². The molecule has 23 heavy (non-hydrogen) atoms. The first-order valence-corrected chi connectivity index (χ1v) is 8.19. The molecule has 0 fully saturated rings. The number of fused-ring (bicyclic) bond motifs is 2. The van der Waals surface area contributed by atoms with Crippen LogP contribution in [-0.2, 0) is 6.42 Å². The lowest BCUT2D eigenvalue weighted by Gasteiger charge is -2.26. The molecule has 0 unspecified atom stereocenters. The summed E-state index contributed by atoms with van der Waals surface area (Å²) in [5, 5.41) is 5.48. The largest absolute Gasteiger partial charge is 0.345 e. The molecule has 0 radical (unpaired) electrons. The first-order chi connectivity index (χ1) is 11.3. The molecule has 1 atom stereocenters. The molecular formula is C21H19NO. The number of benzene rings is 3. The maximum atomic E-state index is 12.7. The van der Waals surface area contributed by atoms with Gasteiger partial charge in [-0.05, 0) is 53.3 Å². The van der Waals surface area contributed by atoms with Crippen molar-refractivity contribution in [3.8, 4) is 0 Å². The van der Waals surface area contributed by atoms with Crippen LogP contribution in [0.5, 0.6) is 0 Å². The summed E-state index contributed by atoms with van der Waals surface area (Å²) < 4.78 is 0. The number of hydrogen-bond donors (Lipinski definition) is 1. The Hall–Kier alpha value is -2.61. The standard InChI is InChI=1S/C21H19NO/c23-21(18-13-12-15-6-1-2-8-17(15)14-18)22-20-11-5-9-16-7-3-4-10-19(16)20/h1-4,6-8,10,12-14,20H,5,9,11H2,(H,22,23)/t20-/m0/s1. The molecule has 1 aliphatic carbocycles. The van der Waals surface area contributed by atoms with Gasteiger partial charge in [-0.3, -0.25) is 4.79 Å². The summed E-state index contributed by atoms with van der Waals surface area (Å²) in [5.41, 5.74) is 3.36. The fraction of sp³-hybridized carbons (Fsp3) is 0.190. The van der Waals surface area contributed by atoms with Crippen molar-refractivity contribution in [1.29, 1.82) is 0 Å². The quantitative estimate of drug-likeness (QED) is 0.733. The third kappa shape index (κ3) is 2.72. The molecule has 3 aromatic rings. The lowest BCUT2D eigenvalue weighted by Crippen LogP contribution is -2.30. The van der Waals surface area contributed by atoms with Crippen molar-refractivity contribution in [3.05, 3.63) is 83.4 Å². The number of amides is 1. The topological polar surface area (TPSA) is 29.1 Å². The van der Waals surface area contributed by atoms with Gasteiger partial charge in [-0.2, -0.15) is 0 Å². The molecule has 1 amide bonds. The second-order valence-electron chi connectivity index (χ2n) is 6.18. The van der Waals surface area contributed by atoms with Gasteiger partial charge in [0.25, 0.3) is 5.91 Å². The Morgan fingerprint density at radius 2 is 1.70 bits per heavy atom. The van der Waals surface area contributed by atoms with Crippen molar-refractivity contribution in [1.82, 2.24) is 5.32 Å². The van der Waals surface area contributed by atoms with Crippen molar-refractivity contribution >= 4 is 16.7 Å². The SMILES string of the molecule is O=C(N[C@H]1CCCc2ccccc21)c1ccc2ccccc2c1. The van der Waals surface area contributed by atoms with Crippen LogP contribution >= 0.6 is 0 Å². The highest BCUT2D eigenvalue weighted by Gasteiger charge is 2.21. The molecule has 1 N–H and O–H groups in total. The highest BCUT2D eigenvalue weighted by atomic mass is 16.1. The zero-order chi connectivity index (χ0) is 15.6. The zero-order valence-electron chi connectivity index (χ0n) is 13.0. The summed E-state index contributed by atoms with van der Waals surface area (Å²) in [7, 11) is 0. The van der Waals surface area contributed by atoms with Gasteiger partial charge in [0.1, 0.15) is 0 Å². The minimum absolute atomic E-state index is 0.0115. The minimum Gasteiger partial charge on any atom is -0.345 e. The average molecular weight is 301 g/mol. The Balaban J connectivity index is 1.60. The van der Waals surface area contributed by atoms with Crippen LogP contribution in [-0.4, -0.2) is 5.91 Å². The lowest BCUT2D eigenvalue weighted by atomic mass is 9.87. The van der Waals surface area contributed by atoms with E-state index in [2.05, 4.69) is 35.6 Å². The monoisotopic (exact) mass is 301 g/mol. The molecule has 0 aliphatic heterocycles. The molecule has 4 rings (SSSR count). The summed E-state index contributed by atoms with van der Waals surface area (Å²) in [6, 6.07) is 22.6. The van der Waals surface area contributed by atoms with Crippen LogP contribution in [0.25, 0.3) is 10.8 Å². The molecule has 0 saturated heterocycles. The molecular weight excluding hydrogens is 282 g/mol. The molecule has 0 aromatic heterocycles. The van der Waals surface area contributed by atoms with Gasteiger partial charge >= 0.3 is 0 Å². The maximum Gasteiger partial charge on any atom is 0.251 e. The van der Waals surface area contributed by atoms with Gasteiger partial charge < -0.3 is 5.32 Å². The molecule has 114 valence electrons. The molecule has 1 aliphatic rings. The van der Waals surface area contributed by atoms with E-state index >= 15 is 0 Å². The van der Waals surface area contributed by atoms with Crippen LogP contribution < -0.4 is 5.32 Å². The third-order valence-corrected chi connectivity index (χ3v) is 4.69. The molecule has 0 saturated carbocycles. The van der Waals surface area contributed by atoms with E-state index in [1.165, 1.54) is 11.1 Å². The van der Waals surface area contributed by atoms with Crippen molar-refractivity contribution in [2.24, 2.45) is 0 Å². The zero-order valence-corrected chi connectivity index (χ0v) is 13.0. The Morgan fingerprint density at radius 3 is 2.61 bits per heavy atom. The number of carbonyl (C=O) groups excluding carboxylic acids is 1. The van der Waals surface area contributed by atoms with Crippen LogP contribution in [0.15, 0.2) is 66.7 Å². The van der Waals surface area contributed by atoms with Crippen molar-refractivity contribution in [2.75, 3.05) is 0 Å². The average Bonchev–Trinajstić information content (AvgIpc) is 2.61. The molecule has 0 bridgehead atoms. The summed E-state index contributed by atoms with van der Waals surface area (Å²) in [6.45, 7) is 0. The van der Waals surface area contributed by atoms with E-state index < -0.39 is 0 Å². The maximum absolute atomic E-state index is 12.7. The fourth-order valence-electron chi connectivity index (χ4n) is 3.48. The van der Waals surface area contributed by atoms with E-state index in [1.54, 1.807) is 0 Å². The van der Waals surface area contributed by atoms with Gasteiger partial charge in [-0.25, -0.2) is 0 Å².